The van der Waals surface area contributed by atoms with Crippen LogP contribution in [-0.2, 0) is 24.6 Å². The molecule has 2 atom stereocenters. The normalized spacial score (nSPS) is 14.7. The number of hydrogen-bond acceptors (Lipinski definition) is 8. The van der Waals surface area contributed by atoms with Crippen LogP contribution in [0.3, 0.4) is 0 Å². The smallest absolute Gasteiger partial charge is 0.432 e. The van der Waals surface area contributed by atoms with Crippen LogP contribution < -0.4 is 14.8 Å². The molecule has 1 amide bonds. The van der Waals surface area contributed by atoms with Gasteiger partial charge in [-0.1, -0.05) is 48.5 Å². The SMILES string of the molecule is CO[C@@](C(=O)OC[C@H](NC(=O)OC(C)(C)C)c1cc(-c2ccc3c(c2)OCO3)n(-c2ccccc2)n1)(c1ccccc1)C(F)(F)F. The minimum Gasteiger partial charge on any atom is -0.460 e. The van der Waals surface area contributed by atoms with Crippen molar-refractivity contribution in [1.82, 2.24) is 15.1 Å². The first-order valence-electron chi connectivity index (χ1n) is 14.2. The summed E-state index contributed by atoms with van der Waals surface area (Å²) in [6, 6.07) is 21.2. The Kier molecular flexibility index (Phi) is 8.97. The first kappa shape index (κ1) is 32.4. The highest BCUT2D eigenvalue weighted by molar-refractivity contribution is 5.83. The third-order valence-corrected chi connectivity index (χ3v) is 7.00. The predicted molar refractivity (Wildman–Crippen MR) is 159 cm³/mol. The molecule has 4 aromatic rings. The van der Waals surface area contributed by atoms with E-state index in [2.05, 4.69) is 5.32 Å². The average molecular weight is 640 g/mol. The van der Waals surface area contributed by atoms with Crippen LogP contribution in [0, 0.1) is 0 Å². The zero-order chi connectivity index (χ0) is 33.1. The molecule has 0 radical (unpaired) electrons. The van der Waals surface area contributed by atoms with Crippen LogP contribution in [0.5, 0.6) is 11.5 Å². The number of esters is 1. The molecule has 0 bridgehead atoms. The molecule has 3 aromatic carbocycles. The lowest BCUT2D eigenvalue weighted by Crippen LogP contribution is -2.52. The fraction of sp³-hybridized carbons (Fsp3) is 0.303. The van der Waals surface area contributed by atoms with Crippen LogP contribution >= 0.6 is 0 Å². The second kappa shape index (κ2) is 12.8. The van der Waals surface area contributed by atoms with Crippen LogP contribution in [0.15, 0.2) is 84.9 Å². The molecule has 0 saturated heterocycles. The van der Waals surface area contributed by atoms with E-state index in [0.29, 0.717) is 28.4 Å². The van der Waals surface area contributed by atoms with Gasteiger partial charge in [0.1, 0.15) is 18.2 Å². The van der Waals surface area contributed by atoms with Crippen LogP contribution in [-0.4, -0.2) is 54.1 Å². The Morgan fingerprint density at radius 3 is 2.22 bits per heavy atom. The van der Waals surface area contributed by atoms with Crippen molar-refractivity contribution >= 4 is 12.1 Å². The summed E-state index contributed by atoms with van der Waals surface area (Å²) < 4.78 is 71.7. The summed E-state index contributed by atoms with van der Waals surface area (Å²) in [4.78, 5) is 26.3. The molecule has 2 heterocycles. The second-order valence-corrected chi connectivity index (χ2v) is 11.3. The molecule has 1 N–H and O–H groups in total. The number of methoxy groups -OCH3 is 1. The maximum Gasteiger partial charge on any atom is 0.432 e. The van der Waals surface area contributed by atoms with Crippen molar-refractivity contribution in [3.05, 3.63) is 96.2 Å². The number of alkyl carbamates (subject to hydrolysis) is 1. The van der Waals surface area contributed by atoms with Crippen molar-refractivity contribution in [3.8, 4) is 28.4 Å². The Labute approximate surface area is 263 Å². The molecule has 13 heteroatoms. The average Bonchev–Trinajstić information content (AvgIpc) is 3.66. The lowest BCUT2D eigenvalue weighted by molar-refractivity contribution is -0.276. The number of carbonyl (C=O) groups excluding carboxylic acids is 2. The zero-order valence-electron chi connectivity index (χ0n) is 25.5. The molecular formula is C33H32F3N3O7. The standard InChI is InChI=1S/C33H32F3N3O7/c1-31(2,3)46-30(41)37-25(19-43-29(40)32(42-4,33(34,35)36)22-11-7-5-8-12-22)24-18-26(39(38-24)23-13-9-6-10-14-23)21-15-16-27-28(17-21)45-20-44-27/h5-18,25H,19-20H2,1-4H3,(H,37,41)/t25-,32+/m0/s1. The molecule has 0 saturated carbocycles. The van der Waals surface area contributed by atoms with Crippen molar-refractivity contribution in [2.45, 2.75) is 44.2 Å². The van der Waals surface area contributed by atoms with E-state index in [1.807, 2.05) is 18.2 Å². The van der Waals surface area contributed by atoms with E-state index in [1.165, 1.54) is 18.2 Å². The Bertz CT molecular complexity index is 1690. The van der Waals surface area contributed by atoms with Crippen molar-refractivity contribution in [2.75, 3.05) is 20.5 Å². The van der Waals surface area contributed by atoms with Gasteiger partial charge < -0.3 is 29.0 Å². The molecular weight excluding hydrogens is 607 g/mol. The minimum atomic E-state index is -5.18. The number of fused-ring (bicyclic) bond motifs is 1. The summed E-state index contributed by atoms with van der Waals surface area (Å²) in [6.07, 6.45) is -6.08. The number of nitrogens with zero attached hydrogens (tertiary/aromatic N) is 2. The quantitative estimate of drug-likeness (QED) is 0.207. The van der Waals surface area contributed by atoms with Crippen molar-refractivity contribution < 1.29 is 46.4 Å². The number of rotatable bonds is 9. The Hall–Kier alpha value is -5.04. The summed E-state index contributed by atoms with van der Waals surface area (Å²) in [7, 11) is 0.775. The molecule has 0 aliphatic carbocycles. The van der Waals surface area contributed by atoms with E-state index in [9.17, 15) is 22.8 Å². The number of halogens is 3. The van der Waals surface area contributed by atoms with Crippen LogP contribution in [0.1, 0.15) is 38.1 Å². The zero-order valence-corrected chi connectivity index (χ0v) is 25.5. The third-order valence-electron chi connectivity index (χ3n) is 7.00. The van der Waals surface area contributed by atoms with E-state index in [0.717, 1.165) is 19.2 Å². The fourth-order valence-electron chi connectivity index (χ4n) is 4.90. The number of hydrogen-bond donors (Lipinski definition) is 1. The van der Waals surface area contributed by atoms with Gasteiger partial charge in [-0.15, -0.1) is 0 Å². The Balaban J connectivity index is 1.54. The number of aromatic nitrogens is 2. The molecule has 0 spiro atoms. The maximum absolute atomic E-state index is 14.5. The summed E-state index contributed by atoms with van der Waals surface area (Å²) >= 11 is 0. The highest BCUT2D eigenvalue weighted by atomic mass is 19.4. The van der Waals surface area contributed by atoms with Gasteiger partial charge in [0.2, 0.25) is 6.79 Å². The predicted octanol–water partition coefficient (Wildman–Crippen LogP) is 6.48. The van der Waals surface area contributed by atoms with Crippen molar-refractivity contribution in [3.63, 3.8) is 0 Å². The second-order valence-electron chi connectivity index (χ2n) is 11.3. The summed E-state index contributed by atoms with van der Waals surface area (Å²) in [5.74, 6) is -0.639. The van der Waals surface area contributed by atoms with Gasteiger partial charge in [0.05, 0.1) is 17.1 Å². The van der Waals surface area contributed by atoms with Gasteiger partial charge in [0.25, 0.3) is 5.60 Å². The topological polar surface area (TPSA) is 110 Å². The van der Waals surface area contributed by atoms with Crippen LogP contribution in [0.2, 0.25) is 0 Å². The van der Waals surface area contributed by atoms with E-state index < -0.39 is 47.7 Å². The number of benzene rings is 3. The first-order valence-corrected chi connectivity index (χ1v) is 14.2. The monoisotopic (exact) mass is 639 g/mol. The van der Waals surface area contributed by atoms with Crippen molar-refractivity contribution in [2.24, 2.45) is 0 Å². The Morgan fingerprint density at radius 1 is 0.935 bits per heavy atom. The van der Waals surface area contributed by atoms with Gasteiger partial charge in [0, 0.05) is 18.2 Å². The molecule has 46 heavy (non-hydrogen) atoms. The molecule has 5 rings (SSSR count). The third kappa shape index (κ3) is 6.64. The number of amides is 1. The van der Waals surface area contributed by atoms with Gasteiger partial charge in [-0.05, 0) is 57.2 Å². The van der Waals surface area contributed by atoms with E-state index in [4.69, 9.17) is 28.8 Å². The number of nitrogens with one attached hydrogen (secondary N) is 1. The fourth-order valence-corrected chi connectivity index (χ4v) is 4.90. The molecule has 10 nitrogen and oxygen atoms in total. The van der Waals surface area contributed by atoms with E-state index in [-0.39, 0.29) is 12.5 Å². The molecule has 242 valence electrons. The van der Waals surface area contributed by atoms with E-state index >= 15 is 0 Å². The van der Waals surface area contributed by atoms with Gasteiger partial charge >= 0.3 is 18.2 Å². The molecule has 0 fully saturated rings. The van der Waals surface area contributed by atoms with Crippen LogP contribution in [0.4, 0.5) is 18.0 Å². The largest absolute Gasteiger partial charge is 0.460 e. The number of carbonyl (C=O) groups is 2. The molecule has 1 aliphatic rings. The first-order chi connectivity index (χ1) is 21.8. The van der Waals surface area contributed by atoms with E-state index in [1.54, 1.807) is 61.9 Å². The number of para-hydroxylation sites is 1. The number of alkyl halides is 3. The molecule has 0 unspecified atom stereocenters. The maximum atomic E-state index is 14.5. The molecule has 1 aliphatic heterocycles. The molecule has 1 aromatic heterocycles. The van der Waals surface area contributed by atoms with Gasteiger partial charge in [-0.25, -0.2) is 14.3 Å². The van der Waals surface area contributed by atoms with Gasteiger partial charge in [-0.2, -0.15) is 18.3 Å². The number of ether oxygens (including phenoxy) is 5. The highest BCUT2D eigenvalue weighted by Gasteiger charge is 2.64. The lowest BCUT2D eigenvalue weighted by Gasteiger charge is -2.32. The summed E-state index contributed by atoms with van der Waals surface area (Å²) in [5, 5.41) is 7.29. The van der Waals surface area contributed by atoms with Gasteiger partial charge in [0.15, 0.2) is 11.5 Å². The Morgan fingerprint density at radius 2 is 1.59 bits per heavy atom. The lowest BCUT2D eigenvalue weighted by atomic mass is 9.92. The summed E-state index contributed by atoms with van der Waals surface area (Å²) in [5.41, 5.74) is -2.76. The summed E-state index contributed by atoms with van der Waals surface area (Å²) in [6.45, 7) is 4.29. The minimum absolute atomic E-state index is 0.0686. The van der Waals surface area contributed by atoms with Crippen molar-refractivity contribution in [1.29, 1.82) is 0 Å². The highest BCUT2D eigenvalue weighted by Crippen LogP contribution is 2.43. The van der Waals surface area contributed by atoms with Crippen LogP contribution in [0.25, 0.3) is 16.9 Å². The van der Waals surface area contributed by atoms with Gasteiger partial charge in [-0.3, -0.25) is 0 Å².